The first kappa shape index (κ1) is 33.1. The summed E-state index contributed by atoms with van der Waals surface area (Å²) in [6, 6.07) is 19.9. The van der Waals surface area contributed by atoms with E-state index in [1.54, 1.807) is 37.3 Å². The number of hydrogen-bond acceptors (Lipinski definition) is 4. The van der Waals surface area contributed by atoms with E-state index in [-0.39, 0.29) is 30.5 Å². The van der Waals surface area contributed by atoms with Crippen molar-refractivity contribution in [2.75, 3.05) is 24.9 Å². The number of nitrogens with one attached hydrogen (secondary N) is 1. The molecule has 0 spiro atoms. The van der Waals surface area contributed by atoms with Gasteiger partial charge in [0.25, 0.3) is 0 Å². The molecule has 0 bridgehead atoms. The van der Waals surface area contributed by atoms with E-state index in [9.17, 15) is 18.0 Å². The molecule has 1 aliphatic rings. The quantitative estimate of drug-likeness (QED) is 0.303. The number of benzene rings is 3. The highest BCUT2D eigenvalue weighted by molar-refractivity contribution is 7.90. The zero-order valence-corrected chi connectivity index (χ0v) is 26.8. The summed E-state index contributed by atoms with van der Waals surface area (Å²) < 4.78 is 44.5. The van der Waals surface area contributed by atoms with E-state index in [2.05, 4.69) is 5.32 Å². The molecule has 0 unspecified atom stereocenters. The maximum Gasteiger partial charge on any atom is 0.304 e. The van der Waals surface area contributed by atoms with Crippen LogP contribution in [0.15, 0.2) is 72.8 Å². The molecule has 236 valence electrons. The molecule has 44 heavy (non-hydrogen) atoms. The van der Waals surface area contributed by atoms with Gasteiger partial charge in [0.1, 0.15) is 18.4 Å². The second kappa shape index (κ2) is 14.8. The van der Waals surface area contributed by atoms with Gasteiger partial charge >= 0.3 is 10.2 Å². The second-order valence-corrected chi connectivity index (χ2v) is 13.8. The molecule has 0 aromatic heterocycles. The lowest BCUT2D eigenvalue weighted by molar-refractivity contribution is -0.140. The average Bonchev–Trinajstić information content (AvgIpc) is 3.00. The maximum atomic E-state index is 15.0. The Labute approximate surface area is 261 Å². The molecule has 1 aliphatic carbocycles. The first-order valence-corrected chi connectivity index (χ1v) is 16.5. The molecule has 1 atom stereocenters. The molecule has 0 radical (unpaired) electrons. The van der Waals surface area contributed by atoms with E-state index in [1.807, 2.05) is 43.3 Å². The Morgan fingerprint density at radius 1 is 0.932 bits per heavy atom. The monoisotopic (exact) mass is 622 g/mol. The Kier molecular flexibility index (Phi) is 11.2. The fourth-order valence-corrected chi connectivity index (χ4v) is 6.71. The molecular weight excluding hydrogens is 579 g/mol. The highest BCUT2D eigenvalue weighted by atomic mass is 32.2. The number of halogens is 1. The van der Waals surface area contributed by atoms with Crippen LogP contribution in [0.4, 0.5) is 10.1 Å². The van der Waals surface area contributed by atoms with Crippen molar-refractivity contribution in [1.29, 1.82) is 0 Å². The fourth-order valence-electron chi connectivity index (χ4n) is 5.60. The van der Waals surface area contributed by atoms with Gasteiger partial charge in [0.05, 0.1) is 5.69 Å². The van der Waals surface area contributed by atoms with Crippen molar-refractivity contribution in [2.45, 2.75) is 71.0 Å². The molecule has 3 aromatic rings. The molecule has 0 heterocycles. The van der Waals surface area contributed by atoms with E-state index in [0.29, 0.717) is 11.3 Å². The van der Waals surface area contributed by atoms with Crippen molar-refractivity contribution < 1.29 is 22.4 Å². The van der Waals surface area contributed by atoms with Crippen LogP contribution in [0.25, 0.3) is 0 Å². The molecule has 4 rings (SSSR count). The summed E-state index contributed by atoms with van der Waals surface area (Å²) in [7, 11) is -1.31. The van der Waals surface area contributed by atoms with Crippen LogP contribution in [0, 0.1) is 19.7 Å². The van der Waals surface area contributed by atoms with Gasteiger partial charge in [-0.05, 0) is 55.5 Å². The Morgan fingerprint density at radius 2 is 1.59 bits per heavy atom. The molecule has 8 nitrogen and oxygen atoms in total. The Balaban J connectivity index is 1.78. The van der Waals surface area contributed by atoms with Gasteiger partial charge in [0, 0.05) is 38.7 Å². The number of anilines is 1. The van der Waals surface area contributed by atoms with Crippen LogP contribution in [0.2, 0.25) is 0 Å². The van der Waals surface area contributed by atoms with E-state index >= 15 is 4.39 Å². The summed E-state index contributed by atoms with van der Waals surface area (Å²) >= 11 is 0. The number of amides is 2. The first-order chi connectivity index (χ1) is 21.0. The lowest BCUT2D eigenvalue weighted by Gasteiger charge is -2.36. The van der Waals surface area contributed by atoms with Crippen LogP contribution in [0.1, 0.15) is 54.4 Å². The molecule has 1 N–H and O–H groups in total. The van der Waals surface area contributed by atoms with Gasteiger partial charge in [-0.3, -0.25) is 9.59 Å². The predicted molar refractivity (Wildman–Crippen MR) is 172 cm³/mol. The molecule has 10 heteroatoms. The predicted octanol–water partition coefficient (Wildman–Crippen LogP) is 5.14. The molecule has 2 amide bonds. The van der Waals surface area contributed by atoms with Gasteiger partial charge in [-0.25, -0.2) is 8.70 Å². The van der Waals surface area contributed by atoms with Crippen molar-refractivity contribution in [3.63, 3.8) is 0 Å². The zero-order valence-electron chi connectivity index (χ0n) is 26.0. The largest absolute Gasteiger partial charge is 0.352 e. The summed E-state index contributed by atoms with van der Waals surface area (Å²) in [4.78, 5) is 29.8. The van der Waals surface area contributed by atoms with E-state index < -0.39 is 34.5 Å². The van der Waals surface area contributed by atoms with Gasteiger partial charge in [0.2, 0.25) is 11.8 Å². The van der Waals surface area contributed by atoms with E-state index in [1.165, 1.54) is 25.1 Å². The lowest BCUT2D eigenvalue weighted by Crippen LogP contribution is -2.55. The first-order valence-electron chi connectivity index (χ1n) is 15.1. The molecule has 0 aliphatic heterocycles. The maximum absolute atomic E-state index is 15.0. The lowest BCUT2D eigenvalue weighted by atomic mass is 9.94. The minimum Gasteiger partial charge on any atom is -0.352 e. The Bertz CT molecular complexity index is 1540. The van der Waals surface area contributed by atoms with Crippen molar-refractivity contribution >= 4 is 27.7 Å². The Morgan fingerprint density at radius 3 is 2.25 bits per heavy atom. The third kappa shape index (κ3) is 8.24. The molecule has 1 fully saturated rings. The van der Waals surface area contributed by atoms with Gasteiger partial charge in [0.15, 0.2) is 0 Å². The van der Waals surface area contributed by atoms with Crippen molar-refractivity contribution in [1.82, 2.24) is 14.5 Å². The summed E-state index contributed by atoms with van der Waals surface area (Å²) in [6.45, 7) is 2.86. The standard InChI is InChI=1S/C34H43FN4O4S/c1-25-19-20-26(2)31(21-25)39(44(42,43)37(3)4)24-33(40)38(23-28-15-11-12-18-30(28)35)32(22-27-13-7-5-8-14-27)34(41)36-29-16-9-6-10-17-29/h5,7-8,11-15,18-21,29,32H,6,9-10,16-17,22-24H2,1-4H3,(H,36,41)/t32-/m1/s1. The number of nitrogens with zero attached hydrogens (tertiary/aromatic N) is 3. The zero-order chi connectivity index (χ0) is 31.9. The van der Waals surface area contributed by atoms with Gasteiger partial charge in [-0.2, -0.15) is 12.7 Å². The van der Waals surface area contributed by atoms with Crippen LogP contribution in [0.3, 0.4) is 0 Å². The van der Waals surface area contributed by atoms with E-state index in [4.69, 9.17) is 0 Å². The van der Waals surface area contributed by atoms with Crippen LogP contribution in [-0.4, -0.2) is 62.2 Å². The normalized spacial score (nSPS) is 14.7. The fraction of sp³-hybridized carbons (Fsp3) is 0.412. The smallest absolute Gasteiger partial charge is 0.304 e. The minimum atomic E-state index is -4.12. The Hall–Kier alpha value is -3.76. The van der Waals surface area contributed by atoms with Crippen LogP contribution < -0.4 is 9.62 Å². The number of carbonyl (C=O) groups excluding carboxylic acids is 2. The summed E-state index contributed by atoms with van der Waals surface area (Å²) in [5, 5.41) is 3.16. The molecule has 1 saturated carbocycles. The number of hydrogen-bond donors (Lipinski definition) is 1. The molecular formula is C34H43FN4O4S. The number of carbonyl (C=O) groups is 2. The van der Waals surface area contributed by atoms with Gasteiger partial charge in [-0.15, -0.1) is 0 Å². The van der Waals surface area contributed by atoms with Crippen LogP contribution in [0.5, 0.6) is 0 Å². The summed E-state index contributed by atoms with van der Waals surface area (Å²) in [5.41, 5.74) is 2.93. The topological polar surface area (TPSA) is 90.0 Å². The van der Waals surface area contributed by atoms with E-state index in [0.717, 1.165) is 51.8 Å². The third-order valence-corrected chi connectivity index (χ3v) is 9.98. The van der Waals surface area contributed by atoms with Crippen LogP contribution >= 0.6 is 0 Å². The molecule has 3 aromatic carbocycles. The molecule has 0 saturated heterocycles. The van der Waals surface area contributed by atoms with Gasteiger partial charge < -0.3 is 10.2 Å². The van der Waals surface area contributed by atoms with Crippen molar-refractivity contribution in [2.24, 2.45) is 0 Å². The second-order valence-electron chi connectivity index (χ2n) is 11.7. The van der Waals surface area contributed by atoms with Gasteiger partial charge in [-0.1, -0.05) is 79.9 Å². The third-order valence-electron chi connectivity index (χ3n) is 8.17. The minimum absolute atomic E-state index is 0.0134. The number of rotatable bonds is 12. The van der Waals surface area contributed by atoms with Crippen molar-refractivity contribution in [3.05, 3.63) is 101 Å². The SMILES string of the molecule is Cc1ccc(C)c(N(CC(=O)N(Cc2ccccc2F)[C@H](Cc2ccccc2)C(=O)NC2CCCCC2)S(=O)(=O)N(C)C)c1. The van der Waals surface area contributed by atoms with Crippen LogP contribution in [-0.2, 0) is 32.8 Å². The summed E-state index contributed by atoms with van der Waals surface area (Å²) in [6.07, 6.45) is 5.04. The average molecular weight is 623 g/mol. The summed E-state index contributed by atoms with van der Waals surface area (Å²) in [5.74, 6) is -1.46. The highest BCUT2D eigenvalue weighted by Gasteiger charge is 2.36. The van der Waals surface area contributed by atoms with Crippen molar-refractivity contribution in [3.8, 4) is 0 Å². The highest BCUT2D eigenvalue weighted by Crippen LogP contribution is 2.27. The number of aryl methyl sites for hydroxylation is 2.